The van der Waals surface area contributed by atoms with Gasteiger partial charge in [0.2, 0.25) is 15.9 Å². The summed E-state index contributed by atoms with van der Waals surface area (Å²) in [5.41, 5.74) is 2.85. The van der Waals surface area contributed by atoms with Crippen molar-refractivity contribution >= 4 is 21.7 Å². The second kappa shape index (κ2) is 11.0. The van der Waals surface area contributed by atoms with Crippen LogP contribution in [0.3, 0.4) is 0 Å². The lowest BCUT2D eigenvalue weighted by Crippen LogP contribution is -2.45. The smallest absolute Gasteiger partial charge is 0.243 e. The van der Waals surface area contributed by atoms with E-state index in [1.807, 2.05) is 42.6 Å². The van der Waals surface area contributed by atoms with Gasteiger partial charge in [-0.15, -0.1) is 0 Å². The molecule has 3 aromatic rings. The van der Waals surface area contributed by atoms with Gasteiger partial charge in [0.25, 0.3) is 0 Å². The van der Waals surface area contributed by atoms with Crippen molar-refractivity contribution in [2.75, 3.05) is 37.7 Å². The Morgan fingerprint density at radius 3 is 2.54 bits per heavy atom. The van der Waals surface area contributed by atoms with Crippen LogP contribution in [0, 0.1) is 5.82 Å². The third kappa shape index (κ3) is 5.66. The van der Waals surface area contributed by atoms with Crippen LogP contribution >= 0.6 is 0 Å². The molecule has 194 valence electrons. The summed E-state index contributed by atoms with van der Waals surface area (Å²) in [6.45, 7) is 3.58. The van der Waals surface area contributed by atoms with E-state index in [9.17, 15) is 17.6 Å². The van der Waals surface area contributed by atoms with E-state index < -0.39 is 21.9 Å². The van der Waals surface area contributed by atoms with Crippen LogP contribution in [0.5, 0.6) is 0 Å². The number of pyridine rings is 1. The van der Waals surface area contributed by atoms with Crippen molar-refractivity contribution < 1.29 is 22.3 Å². The minimum atomic E-state index is -3.90. The van der Waals surface area contributed by atoms with Crippen LogP contribution in [-0.2, 0) is 26.1 Å². The molecule has 5 rings (SSSR count). The second-order valence-corrected chi connectivity index (χ2v) is 11.0. The predicted molar refractivity (Wildman–Crippen MR) is 138 cm³/mol. The SMILES string of the molecule is O=C(NCc1cccc(-c2ccc(N3CCOCC3)nc2)c1)C1CCCN1S(=O)(=O)c1ccc(F)cc1. The molecule has 2 aliphatic heterocycles. The molecule has 37 heavy (non-hydrogen) atoms. The highest BCUT2D eigenvalue weighted by Crippen LogP contribution is 2.27. The molecule has 0 saturated carbocycles. The van der Waals surface area contributed by atoms with Crippen LogP contribution in [-0.4, -0.2) is 62.5 Å². The lowest BCUT2D eigenvalue weighted by Gasteiger charge is -2.27. The van der Waals surface area contributed by atoms with Crippen molar-refractivity contribution in [3.63, 3.8) is 0 Å². The Labute approximate surface area is 216 Å². The zero-order valence-electron chi connectivity index (χ0n) is 20.3. The third-order valence-corrected chi connectivity index (χ3v) is 8.66. The van der Waals surface area contributed by atoms with Crippen LogP contribution in [0.15, 0.2) is 71.8 Å². The number of nitrogens with zero attached hydrogens (tertiary/aromatic N) is 3. The van der Waals surface area contributed by atoms with E-state index in [4.69, 9.17) is 4.74 Å². The first-order valence-electron chi connectivity index (χ1n) is 12.3. The summed E-state index contributed by atoms with van der Waals surface area (Å²) < 4.78 is 46.0. The van der Waals surface area contributed by atoms with Crippen molar-refractivity contribution in [1.82, 2.24) is 14.6 Å². The zero-order valence-corrected chi connectivity index (χ0v) is 21.2. The highest BCUT2D eigenvalue weighted by Gasteiger charge is 2.39. The summed E-state index contributed by atoms with van der Waals surface area (Å²) in [5, 5.41) is 2.90. The number of hydrogen-bond acceptors (Lipinski definition) is 6. The molecular weight excluding hydrogens is 495 g/mol. The van der Waals surface area contributed by atoms with Crippen LogP contribution in [0.25, 0.3) is 11.1 Å². The Bertz CT molecular complexity index is 1340. The first-order chi connectivity index (χ1) is 17.9. The molecule has 2 aliphatic rings. The summed E-state index contributed by atoms with van der Waals surface area (Å²) in [7, 11) is -3.90. The second-order valence-electron chi connectivity index (χ2n) is 9.15. The Morgan fingerprint density at radius 1 is 1.03 bits per heavy atom. The number of aromatic nitrogens is 1. The molecule has 1 amide bonds. The van der Waals surface area contributed by atoms with Crippen LogP contribution < -0.4 is 10.2 Å². The summed E-state index contributed by atoms with van der Waals surface area (Å²) in [6, 6.07) is 15.7. The van der Waals surface area contributed by atoms with Gasteiger partial charge in [0.15, 0.2) is 0 Å². The number of anilines is 1. The van der Waals surface area contributed by atoms with Crippen LogP contribution in [0.2, 0.25) is 0 Å². The third-order valence-electron chi connectivity index (χ3n) is 6.74. The maximum atomic E-state index is 13.3. The molecule has 10 heteroatoms. The van der Waals surface area contributed by atoms with E-state index in [1.165, 1.54) is 16.4 Å². The number of ether oxygens (including phenoxy) is 1. The van der Waals surface area contributed by atoms with Gasteiger partial charge in [0, 0.05) is 37.9 Å². The van der Waals surface area contributed by atoms with Crippen molar-refractivity contribution in [2.24, 2.45) is 0 Å². The average molecular weight is 525 g/mol. The monoisotopic (exact) mass is 524 g/mol. The minimum absolute atomic E-state index is 0.0189. The molecule has 0 bridgehead atoms. The fraction of sp³-hybridized carbons (Fsp3) is 0.333. The Hall–Kier alpha value is -3.34. The van der Waals surface area contributed by atoms with Gasteiger partial charge in [-0.05, 0) is 66.4 Å². The van der Waals surface area contributed by atoms with E-state index in [2.05, 4.69) is 15.2 Å². The quantitative estimate of drug-likeness (QED) is 0.511. The van der Waals surface area contributed by atoms with E-state index in [0.717, 1.165) is 47.7 Å². The number of amides is 1. The van der Waals surface area contributed by atoms with Gasteiger partial charge < -0.3 is 15.0 Å². The molecule has 1 unspecified atom stereocenters. The summed E-state index contributed by atoms with van der Waals surface area (Å²) >= 11 is 0. The summed E-state index contributed by atoms with van der Waals surface area (Å²) in [4.78, 5) is 19.8. The number of benzene rings is 2. The Balaban J connectivity index is 1.23. The summed E-state index contributed by atoms with van der Waals surface area (Å²) in [6.07, 6.45) is 2.87. The highest BCUT2D eigenvalue weighted by molar-refractivity contribution is 7.89. The number of hydrogen-bond donors (Lipinski definition) is 1. The van der Waals surface area contributed by atoms with Crippen molar-refractivity contribution in [3.8, 4) is 11.1 Å². The van der Waals surface area contributed by atoms with Crippen LogP contribution in [0.1, 0.15) is 18.4 Å². The molecule has 0 spiro atoms. The normalized spacial score (nSPS) is 18.6. The molecule has 0 radical (unpaired) electrons. The highest BCUT2D eigenvalue weighted by atomic mass is 32.2. The topological polar surface area (TPSA) is 91.8 Å². The minimum Gasteiger partial charge on any atom is -0.378 e. The standard InChI is InChI=1S/C27H29FN4O4S/c28-23-7-9-24(10-8-23)37(34,35)32-12-2-5-25(32)27(33)30-18-20-3-1-4-21(17-20)22-6-11-26(29-19-22)31-13-15-36-16-14-31/h1,3-4,6-11,17,19,25H,2,5,12-16,18H2,(H,30,33). The van der Waals surface area contributed by atoms with Crippen molar-refractivity contribution in [1.29, 1.82) is 0 Å². The van der Waals surface area contributed by atoms with Gasteiger partial charge in [-0.25, -0.2) is 17.8 Å². The number of sulfonamides is 1. The van der Waals surface area contributed by atoms with E-state index in [-0.39, 0.29) is 23.9 Å². The molecule has 1 N–H and O–H groups in total. The molecule has 2 saturated heterocycles. The molecule has 1 aromatic heterocycles. The Kier molecular flexibility index (Phi) is 7.50. The fourth-order valence-electron chi connectivity index (χ4n) is 4.74. The van der Waals surface area contributed by atoms with Crippen molar-refractivity contribution in [3.05, 3.63) is 78.2 Å². The first kappa shape index (κ1) is 25.3. The molecule has 2 fully saturated rings. The molecule has 3 heterocycles. The molecule has 8 nitrogen and oxygen atoms in total. The number of rotatable bonds is 7. The van der Waals surface area contributed by atoms with Gasteiger partial charge in [-0.1, -0.05) is 18.2 Å². The number of carbonyl (C=O) groups excluding carboxylic acids is 1. The van der Waals surface area contributed by atoms with Crippen molar-refractivity contribution in [2.45, 2.75) is 30.3 Å². The maximum Gasteiger partial charge on any atom is 0.243 e. The van der Waals surface area contributed by atoms with Crippen LogP contribution in [0.4, 0.5) is 10.2 Å². The number of nitrogens with one attached hydrogen (secondary N) is 1. The maximum absolute atomic E-state index is 13.3. The predicted octanol–water partition coefficient (Wildman–Crippen LogP) is 3.19. The molecule has 2 aromatic carbocycles. The van der Waals surface area contributed by atoms with Gasteiger partial charge in [0.05, 0.1) is 18.1 Å². The summed E-state index contributed by atoms with van der Waals surface area (Å²) in [5.74, 6) is 0.0676. The van der Waals surface area contributed by atoms with E-state index >= 15 is 0 Å². The average Bonchev–Trinajstić information content (AvgIpc) is 3.44. The van der Waals surface area contributed by atoms with Gasteiger partial charge in [-0.3, -0.25) is 4.79 Å². The number of morpholine rings is 1. The fourth-order valence-corrected chi connectivity index (χ4v) is 6.39. The molecule has 0 aliphatic carbocycles. The lowest BCUT2D eigenvalue weighted by atomic mass is 10.0. The van der Waals surface area contributed by atoms with E-state index in [1.54, 1.807) is 0 Å². The first-order valence-corrected chi connectivity index (χ1v) is 13.8. The molecule has 1 atom stereocenters. The van der Waals surface area contributed by atoms with Gasteiger partial charge in [0.1, 0.15) is 17.7 Å². The lowest BCUT2D eigenvalue weighted by molar-refractivity contribution is -0.124. The molecular formula is C27H29FN4O4S. The van der Waals surface area contributed by atoms with E-state index in [0.29, 0.717) is 26.1 Å². The zero-order chi connectivity index (χ0) is 25.8. The van der Waals surface area contributed by atoms with Gasteiger partial charge >= 0.3 is 0 Å². The number of carbonyl (C=O) groups is 1. The number of halogens is 1. The van der Waals surface area contributed by atoms with Gasteiger partial charge in [-0.2, -0.15) is 4.31 Å². The Morgan fingerprint density at radius 2 is 1.81 bits per heavy atom. The largest absolute Gasteiger partial charge is 0.378 e.